The lowest BCUT2D eigenvalue weighted by Crippen LogP contribution is -2.06. The highest BCUT2D eigenvalue weighted by atomic mass is 35.5. The third kappa shape index (κ3) is 2.50. The van der Waals surface area contributed by atoms with Gasteiger partial charge < -0.3 is 0 Å². The predicted molar refractivity (Wildman–Crippen MR) is 64.1 cm³/mol. The van der Waals surface area contributed by atoms with Crippen LogP contribution in [0.3, 0.4) is 0 Å². The van der Waals surface area contributed by atoms with Crippen LogP contribution in [0.2, 0.25) is 5.15 Å². The van der Waals surface area contributed by atoms with Crippen LogP contribution in [0.15, 0.2) is 6.07 Å². The van der Waals surface area contributed by atoms with Gasteiger partial charge in [-0.1, -0.05) is 39.3 Å². The van der Waals surface area contributed by atoms with Crippen molar-refractivity contribution in [1.29, 1.82) is 0 Å². The molecule has 88 valence electrons. The second kappa shape index (κ2) is 4.78. The Bertz CT molecular complexity index is 387. The molecular weight excluding hydrogens is 228 g/mol. The molecule has 0 fully saturated rings. The molecule has 0 atom stereocenters. The normalized spacial score (nSPS) is 11.2. The van der Waals surface area contributed by atoms with E-state index in [1.807, 2.05) is 27.7 Å². The van der Waals surface area contributed by atoms with Crippen molar-refractivity contribution in [2.45, 2.75) is 39.5 Å². The Morgan fingerprint density at radius 2 is 1.88 bits per heavy atom. The highest BCUT2D eigenvalue weighted by Gasteiger charge is 2.25. The van der Waals surface area contributed by atoms with Gasteiger partial charge >= 0.3 is 0 Å². The second-order valence-electron chi connectivity index (χ2n) is 4.33. The van der Waals surface area contributed by atoms with Gasteiger partial charge in [-0.05, 0) is 12.0 Å². The standard InChI is InChI=1S/C11H15ClN2O2/c1-6(2)8-5-9(12)13-10(7(3)4)11(8)14(15)16/h5-7H,1-4H3. The van der Waals surface area contributed by atoms with E-state index in [1.54, 1.807) is 6.07 Å². The van der Waals surface area contributed by atoms with Crippen molar-refractivity contribution in [2.24, 2.45) is 0 Å². The third-order valence-corrected chi connectivity index (χ3v) is 2.56. The Labute approximate surface area is 99.8 Å². The highest BCUT2D eigenvalue weighted by Crippen LogP contribution is 2.34. The van der Waals surface area contributed by atoms with Crippen molar-refractivity contribution < 1.29 is 4.92 Å². The predicted octanol–water partition coefficient (Wildman–Crippen LogP) is 3.89. The molecular formula is C11H15ClN2O2. The maximum absolute atomic E-state index is 11.1. The van der Waals surface area contributed by atoms with Gasteiger partial charge in [-0.15, -0.1) is 0 Å². The lowest BCUT2D eigenvalue weighted by Gasteiger charge is -2.12. The maximum atomic E-state index is 11.1. The van der Waals surface area contributed by atoms with E-state index in [0.29, 0.717) is 16.4 Å². The first-order chi connectivity index (χ1) is 7.34. The fourth-order valence-corrected chi connectivity index (χ4v) is 1.80. The highest BCUT2D eigenvalue weighted by molar-refractivity contribution is 6.29. The van der Waals surface area contributed by atoms with Crippen molar-refractivity contribution >= 4 is 17.3 Å². The maximum Gasteiger partial charge on any atom is 0.294 e. The first-order valence-electron chi connectivity index (χ1n) is 5.19. The molecule has 0 N–H and O–H groups in total. The molecule has 0 aliphatic heterocycles. The minimum absolute atomic E-state index is 0.0170. The van der Waals surface area contributed by atoms with Crippen LogP contribution >= 0.6 is 11.6 Å². The zero-order chi connectivity index (χ0) is 12.5. The fraction of sp³-hybridized carbons (Fsp3) is 0.545. The molecule has 0 spiro atoms. The number of hydrogen-bond donors (Lipinski definition) is 0. The van der Waals surface area contributed by atoms with Crippen LogP contribution in [0, 0.1) is 10.1 Å². The topological polar surface area (TPSA) is 56.0 Å². The summed E-state index contributed by atoms with van der Waals surface area (Å²) in [7, 11) is 0. The van der Waals surface area contributed by atoms with E-state index in [0.717, 1.165) is 0 Å². The van der Waals surface area contributed by atoms with E-state index in [2.05, 4.69) is 4.98 Å². The Hall–Kier alpha value is -1.16. The smallest absolute Gasteiger partial charge is 0.258 e. The zero-order valence-electron chi connectivity index (χ0n) is 9.82. The molecule has 5 heteroatoms. The van der Waals surface area contributed by atoms with Crippen LogP contribution in [0.4, 0.5) is 5.69 Å². The van der Waals surface area contributed by atoms with E-state index in [4.69, 9.17) is 11.6 Å². The summed E-state index contributed by atoms with van der Waals surface area (Å²) in [6, 6.07) is 1.58. The van der Waals surface area contributed by atoms with Gasteiger partial charge in [0.15, 0.2) is 0 Å². The summed E-state index contributed by atoms with van der Waals surface area (Å²) >= 11 is 5.88. The van der Waals surface area contributed by atoms with Crippen molar-refractivity contribution in [1.82, 2.24) is 4.98 Å². The summed E-state index contributed by atoms with van der Waals surface area (Å²) in [5.74, 6) is 0.0370. The molecule has 0 bridgehead atoms. The number of halogens is 1. The lowest BCUT2D eigenvalue weighted by molar-refractivity contribution is -0.386. The minimum atomic E-state index is -0.367. The number of hydrogen-bond acceptors (Lipinski definition) is 3. The molecule has 0 unspecified atom stereocenters. The third-order valence-electron chi connectivity index (χ3n) is 2.37. The van der Waals surface area contributed by atoms with Gasteiger partial charge in [0.05, 0.1) is 4.92 Å². The van der Waals surface area contributed by atoms with Crippen molar-refractivity contribution in [3.63, 3.8) is 0 Å². The second-order valence-corrected chi connectivity index (χ2v) is 4.72. The van der Waals surface area contributed by atoms with E-state index >= 15 is 0 Å². The summed E-state index contributed by atoms with van der Waals surface area (Å²) in [5, 5.41) is 11.4. The number of nitrogens with zero attached hydrogens (tertiary/aromatic N) is 2. The van der Waals surface area contributed by atoms with Gasteiger partial charge in [-0.3, -0.25) is 10.1 Å². The van der Waals surface area contributed by atoms with Gasteiger partial charge in [-0.25, -0.2) is 4.98 Å². The molecule has 0 radical (unpaired) electrons. The van der Waals surface area contributed by atoms with E-state index < -0.39 is 0 Å². The Morgan fingerprint density at radius 1 is 1.31 bits per heavy atom. The van der Waals surface area contributed by atoms with Crippen LogP contribution in [0.5, 0.6) is 0 Å². The van der Waals surface area contributed by atoms with Crippen molar-refractivity contribution in [2.75, 3.05) is 0 Å². The Balaban J connectivity index is 3.54. The zero-order valence-corrected chi connectivity index (χ0v) is 10.6. The number of rotatable bonds is 3. The summed E-state index contributed by atoms with van der Waals surface area (Å²) in [4.78, 5) is 14.8. The quantitative estimate of drug-likeness (QED) is 0.459. The van der Waals surface area contributed by atoms with E-state index in [-0.39, 0.29) is 22.4 Å². The van der Waals surface area contributed by atoms with Crippen molar-refractivity contribution in [3.8, 4) is 0 Å². The SMILES string of the molecule is CC(C)c1cc(Cl)nc(C(C)C)c1[N+](=O)[O-]. The molecule has 0 aliphatic carbocycles. The van der Waals surface area contributed by atoms with E-state index in [1.165, 1.54) is 0 Å². The summed E-state index contributed by atoms with van der Waals surface area (Å²) < 4.78 is 0. The fourth-order valence-electron chi connectivity index (χ4n) is 1.59. The molecule has 0 saturated heterocycles. The number of nitro groups is 1. The first-order valence-corrected chi connectivity index (χ1v) is 5.57. The Morgan fingerprint density at radius 3 is 2.25 bits per heavy atom. The average Bonchev–Trinajstić information content (AvgIpc) is 2.15. The molecule has 1 aromatic heterocycles. The average molecular weight is 243 g/mol. The molecule has 1 heterocycles. The Kier molecular flexibility index (Phi) is 3.86. The molecule has 1 aromatic rings. The van der Waals surface area contributed by atoms with Gasteiger partial charge in [0, 0.05) is 11.5 Å². The van der Waals surface area contributed by atoms with Gasteiger partial charge in [-0.2, -0.15) is 0 Å². The summed E-state index contributed by atoms with van der Waals surface area (Å²) in [6.45, 7) is 7.55. The molecule has 0 saturated carbocycles. The number of pyridine rings is 1. The molecule has 1 rings (SSSR count). The largest absolute Gasteiger partial charge is 0.294 e. The summed E-state index contributed by atoms with van der Waals surface area (Å²) in [6.07, 6.45) is 0. The van der Waals surface area contributed by atoms with Crippen LogP contribution in [-0.2, 0) is 0 Å². The molecule has 0 aliphatic rings. The first kappa shape index (κ1) is 12.9. The van der Waals surface area contributed by atoms with Gasteiger partial charge in [0.1, 0.15) is 10.8 Å². The minimum Gasteiger partial charge on any atom is -0.258 e. The van der Waals surface area contributed by atoms with Crippen LogP contribution in [-0.4, -0.2) is 9.91 Å². The van der Waals surface area contributed by atoms with Gasteiger partial charge in [0.25, 0.3) is 5.69 Å². The van der Waals surface area contributed by atoms with E-state index in [9.17, 15) is 10.1 Å². The molecule has 4 nitrogen and oxygen atoms in total. The lowest BCUT2D eigenvalue weighted by atomic mass is 9.97. The summed E-state index contributed by atoms with van der Waals surface area (Å²) in [5.41, 5.74) is 1.21. The molecule has 0 aromatic carbocycles. The molecule has 0 amide bonds. The van der Waals surface area contributed by atoms with Crippen molar-refractivity contribution in [3.05, 3.63) is 32.6 Å². The van der Waals surface area contributed by atoms with Crippen LogP contribution in [0.1, 0.15) is 50.8 Å². The monoisotopic (exact) mass is 242 g/mol. The molecule has 16 heavy (non-hydrogen) atoms. The van der Waals surface area contributed by atoms with Crippen LogP contribution in [0.25, 0.3) is 0 Å². The van der Waals surface area contributed by atoms with Gasteiger partial charge in [0.2, 0.25) is 0 Å². The number of aromatic nitrogens is 1. The van der Waals surface area contributed by atoms with Crippen LogP contribution < -0.4 is 0 Å².